The van der Waals surface area contributed by atoms with Crippen molar-refractivity contribution in [2.75, 3.05) is 0 Å². The predicted octanol–water partition coefficient (Wildman–Crippen LogP) is 4.41. The van der Waals surface area contributed by atoms with Crippen LogP contribution in [-0.4, -0.2) is 9.97 Å². The van der Waals surface area contributed by atoms with Gasteiger partial charge in [0.05, 0.1) is 10.9 Å². The third-order valence-electron chi connectivity index (χ3n) is 4.82. The summed E-state index contributed by atoms with van der Waals surface area (Å²) in [5, 5.41) is 2.46. The Balaban J connectivity index is 2.01. The quantitative estimate of drug-likeness (QED) is 0.511. The molecule has 0 unspecified atom stereocenters. The monoisotopic (exact) mass is 326 g/mol. The smallest absolute Gasteiger partial charge is 0.222 e. The SMILES string of the molecule is Cc1ccncc1-c1c2ccc(-c3cccnc3)cc2cc(C)[n+]1C. The highest BCUT2D eigenvalue weighted by Crippen LogP contribution is 2.31. The van der Waals surface area contributed by atoms with Gasteiger partial charge < -0.3 is 0 Å². The molecule has 4 aromatic rings. The van der Waals surface area contributed by atoms with Crippen molar-refractivity contribution in [2.24, 2.45) is 7.05 Å². The Morgan fingerprint density at radius 3 is 2.44 bits per heavy atom. The largest absolute Gasteiger partial charge is 0.264 e. The van der Waals surface area contributed by atoms with Crippen molar-refractivity contribution in [1.82, 2.24) is 9.97 Å². The molecule has 0 aliphatic carbocycles. The lowest BCUT2D eigenvalue weighted by Crippen LogP contribution is -2.35. The topological polar surface area (TPSA) is 29.7 Å². The Morgan fingerprint density at radius 1 is 0.840 bits per heavy atom. The van der Waals surface area contributed by atoms with Gasteiger partial charge in [-0.2, -0.15) is 4.57 Å². The zero-order valence-electron chi connectivity index (χ0n) is 14.7. The van der Waals surface area contributed by atoms with E-state index in [0.29, 0.717) is 0 Å². The van der Waals surface area contributed by atoms with Crippen LogP contribution in [-0.2, 0) is 7.05 Å². The highest BCUT2D eigenvalue weighted by atomic mass is 14.9. The van der Waals surface area contributed by atoms with Crippen LogP contribution in [0.5, 0.6) is 0 Å². The second kappa shape index (κ2) is 6.10. The molecule has 0 amide bonds. The minimum Gasteiger partial charge on any atom is -0.264 e. The van der Waals surface area contributed by atoms with Crippen molar-refractivity contribution in [2.45, 2.75) is 13.8 Å². The van der Waals surface area contributed by atoms with Crippen molar-refractivity contribution >= 4 is 10.8 Å². The van der Waals surface area contributed by atoms with Crippen LogP contribution in [0.15, 0.2) is 67.3 Å². The van der Waals surface area contributed by atoms with Crippen LogP contribution in [0.1, 0.15) is 11.3 Å². The van der Waals surface area contributed by atoms with Crippen molar-refractivity contribution in [1.29, 1.82) is 0 Å². The minimum absolute atomic E-state index is 1.13. The molecule has 0 radical (unpaired) electrons. The van der Waals surface area contributed by atoms with Crippen LogP contribution in [0.25, 0.3) is 33.2 Å². The van der Waals surface area contributed by atoms with Crippen LogP contribution in [0, 0.1) is 13.8 Å². The molecule has 0 aliphatic rings. The zero-order valence-corrected chi connectivity index (χ0v) is 14.7. The lowest BCUT2D eigenvalue weighted by Gasteiger charge is -2.10. The molecule has 0 N–H and O–H groups in total. The average Bonchev–Trinajstić information content (AvgIpc) is 2.64. The maximum atomic E-state index is 4.34. The van der Waals surface area contributed by atoms with Gasteiger partial charge in [-0.3, -0.25) is 9.97 Å². The van der Waals surface area contributed by atoms with Crippen LogP contribution < -0.4 is 4.57 Å². The highest BCUT2D eigenvalue weighted by molar-refractivity contribution is 5.96. The van der Waals surface area contributed by atoms with E-state index in [9.17, 15) is 0 Å². The minimum atomic E-state index is 1.13. The maximum absolute atomic E-state index is 4.34. The first kappa shape index (κ1) is 15.5. The van der Waals surface area contributed by atoms with E-state index in [1.54, 1.807) is 6.20 Å². The lowest BCUT2D eigenvalue weighted by atomic mass is 9.97. The number of nitrogens with zero attached hydrogens (tertiary/aromatic N) is 3. The summed E-state index contributed by atoms with van der Waals surface area (Å²) in [5.41, 5.74) is 7.14. The standard InChI is InChI=1S/C22H20N3/c1-15-8-10-24-14-21(15)22-20-7-6-17(18-5-4-9-23-13-18)12-19(20)11-16(2)25(22)3/h4-14H,1-3H3/q+1. The summed E-state index contributed by atoms with van der Waals surface area (Å²) >= 11 is 0. The summed E-state index contributed by atoms with van der Waals surface area (Å²) in [6.45, 7) is 4.28. The molecular weight excluding hydrogens is 306 g/mol. The van der Waals surface area contributed by atoms with E-state index < -0.39 is 0 Å². The fourth-order valence-corrected chi connectivity index (χ4v) is 3.33. The normalized spacial score (nSPS) is 11.0. The van der Waals surface area contributed by atoms with E-state index >= 15 is 0 Å². The van der Waals surface area contributed by atoms with Gasteiger partial charge in [-0.05, 0) is 47.7 Å². The third-order valence-corrected chi connectivity index (χ3v) is 4.82. The second-order valence-corrected chi connectivity index (χ2v) is 6.43. The first-order chi connectivity index (χ1) is 12.1. The third kappa shape index (κ3) is 2.68. The maximum Gasteiger partial charge on any atom is 0.222 e. The van der Waals surface area contributed by atoms with E-state index in [-0.39, 0.29) is 0 Å². The molecule has 3 heteroatoms. The Labute approximate surface area is 147 Å². The van der Waals surface area contributed by atoms with Gasteiger partial charge in [-0.1, -0.05) is 12.1 Å². The van der Waals surface area contributed by atoms with Gasteiger partial charge in [0.2, 0.25) is 5.69 Å². The Bertz CT molecular complexity index is 1070. The first-order valence-electron chi connectivity index (χ1n) is 8.40. The first-order valence-corrected chi connectivity index (χ1v) is 8.40. The summed E-state index contributed by atoms with van der Waals surface area (Å²) in [4.78, 5) is 8.58. The molecule has 0 atom stereocenters. The van der Waals surface area contributed by atoms with E-state index in [2.05, 4.69) is 71.8 Å². The van der Waals surface area contributed by atoms with Crippen LogP contribution in [0.3, 0.4) is 0 Å². The van der Waals surface area contributed by atoms with Crippen LogP contribution in [0.4, 0.5) is 0 Å². The molecular formula is C22H20N3+. The molecule has 0 saturated carbocycles. The number of hydrogen-bond acceptors (Lipinski definition) is 2. The Kier molecular flexibility index (Phi) is 3.77. The molecule has 0 saturated heterocycles. The van der Waals surface area contributed by atoms with E-state index in [4.69, 9.17) is 0 Å². The van der Waals surface area contributed by atoms with E-state index in [0.717, 1.165) is 5.56 Å². The fourth-order valence-electron chi connectivity index (χ4n) is 3.33. The van der Waals surface area contributed by atoms with Gasteiger partial charge in [0, 0.05) is 43.3 Å². The van der Waals surface area contributed by atoms with Gasteiger partial charge >= 0.3 is 0 Å². The second-order valence-electron chi connectivity index (χ2n) is 6.43. The van der Waals surface area contributed by atoms with Crippen molar-refractivity contribution in [3.63, 3.8) is 0 Å². The number of pyridine rings is 3. The van der Waals surface area contributed by atoms with E-state index in [1.807, 2.05) is 24.7 Å². The van der Waals surface area contributed by atoms with Gasteiger partial charge in [0.15, 0.2) is 5.69 Å². The molecule has 3 heterocycles. The molecule has 0 aliphatic heterocycles. The van der Waals surface area contributed by atoms with Crippen LogP contribution in [0.2, 0.25) is 0 Å². The molecule has 0 bridgehead atoms. The number of aryl methyl sites for hydroxylation is 2. The highest BCUT2D eigenvalue weighted by Gasteiger charge is 2.20. The van der Waals surface area contributed by atoms with Gasteiger partial charge in [-0.15, -0.1) is 0 Å². The summed E-state index contributed by atoms with van der Waals surface area (Å²) < 4.78 is 2.25. The number of benzene rings is 1. The van der Waals surface area contributed by atoms with Crippen molar-refractivity contribution in [3.05, 3.63) is 78.5 Å². The lowest BCUT2D eigenvalue weighted by molar-refractivity contribution is -0.665. The number of aromatic nitrogens is 3. The molecule has 3 aromatic heterocycles. The zero-order chi connectivity index (χ0) is 17.4. The van der Waals surface area contributed by atoms with Gasteiger partial charge in [0.1, 0.15) is 7.05 Å². The Morgan fingerprint density at radius 2 is 1.68 bits per heavy atom. The molecule has 3 nitrogen and oxygen atoms in total. The van der Waals surface area contributed by atoms with Crippen molar-refractivity contribution in [3.8, 4) is 22.4 Å². The molecule has 1 aromatic carbocycles. The molecule has 0 fully saturated rings. The molecule has 25 heavy (non-hydrogen) atoms. The summed E-state index contributed by atoms with van der Waals surface area (Å²) in [5.74, 6) is 0. The molecule has 4 rings (SSSR count). The number of fused-ring (bicyclic) bond motifs is 1. The Hall–Kier alpha value is -3.07. The van der Waals surface area contributed by atoms with Crippen LogP contribution >= 0.6 is 0 Å². The predicted molar refractivity (Wildman–Crippen MR) is 101 cm³/mol. The molecule has 122 valence electrons. The number of rotatable bonds is 2. The number of hydrogen-bond donors (Lipinski definition) is 0. The van der Waals surface area contributed by atoms with E-state index in [1.165, 1.54) is 38.9 Å². The van der Waals surface area contributed by atoms with Crippen molar-refractivity contribution < 1.29 is 4.57 Å². The fraction of sp³-hybridized carbons (Fsp3) is 0.136. The van der Waals surface area contributed by atoms with Gasteiger partial charge in [0.25, 0.3) is 0 Å². The molecule has 0 spiro atoms. The summed E-state index contributed by atoms with van der Waals surface area (Å²) in [6, 6.07) is 15.0. The summed E-state index contributed by atoms with van der Waals surface area (Å²) in [7, 11) is 2.12. The summed E-state index contributed by atoms with van der Waals surface area (Å²) in [6.07, 6.45) is 7.51. The van der Waals surface area contributed by atoms with Gasteiger partial charge in [-0.25, -0.2) is 0 Å². The average molecular weight is 326 g/mol.